The highest BCUT2D eigenvalue weighted by Gasteiger charge is 2.09. The number of benzene rings is 2. The van der Waals surface area contributed by atoms with Crippen molar-refractivity contribution < 1.29 is 9.47 Å². The molecular weight excluding hydrogens is 340 g/mol. The lowest BCUT2D eigenvalue weighted by Crippen LogP contribution is -2.30. The van der Waals surface area contributed by atoms with Crippen molar-refractivity contribution in [2.24, 2.45) is 4.99 Å². The van der Waals surface area contributed by atoms with Crippen molar-refractivity contribution in [2.75, 3.05) is 45.1 Å². The van der Waals surface area contributed by atoms with Crippen molar-refractivity contribution in [1.82, 2.24) is 5.32 Å². The van der Waals surface area contributed by atoms with E-state index in [9.17, 15) is 0 Å². The zero-order valence-electron chi connectivity index (χ0n) is 17.1. The summed E-state index contributed by atoms with van der Waals surface area (Å²) in [5.74, 6) is 2.10. The Morgan fingerprint density at radius 2 is 1.89 bits per heavy atom. The highest BCUT2D eigenvalue weighted by atomic mass is 16.5. The maximum atomic E-state index is 5.64. The Hall–Kier alpha value is -2.89. The number of anilines is 2. The summed E-state index contributed by atoms with van der Waals surface area (Å²) in [6, 6.07) is 12.2. The number of nitrogens with zero attached hydrogens (tertiary/aromatic N) is 2. The van der Waals surface area contributed by atoms with Gasteiger partial charge < -0.3 is 25.0 Å². The average molecular weight is 370 g/mol. The Morgan fingerprint density at radius 3 is 2.52 bits per heavy atom. The minimum atomic E-state index is 0.577. The molecule has 0 heterocycles. The summed E-state index contributed by atoms with van der Waals surface area (Å²) in [6.07, 6.45) is 0. The second-order valence-electron chi connectivity index (χ2n) is 6.38. The lowest BCUT2D eigenvalue weighted by molar-refractivity contribution is 0.311. The molecule has 2 aromatic rings. The number of hydrogen-bond acceptors (Lipinski definition) is 4. The molecule has 0 atom stereocenters. The lowest BCUT2D eigenvalue weighted by atomic mass is 10.1. The average Bonchev–Trinajstić information content (AvgIpc) is 2.66. The smallest absolute Gasteiger partial charge is 0.195 e. The monoisotopic (exact) mass is 370 g/mol. The maximum absolute atomic E-state index is 5.64. The molecule has 2 aromatic carbocycles. The van der Waals surface area contributed by atoms with Crippen LogP contribution in [-0.4, -0.2) is 40.8 Å². The summed E-state index contributed by atoms with van der Waals surface area (Å²) in [6.45, 7) is 5.30. The molecule has 0 unspecified atom stereocenters. The SMILES string of the molecule is CCOc1cc(NC(=NC)NCc2ccc(C)cc2N(C)C)ccc1OC. The van der Waals surface area contributed by atoms with Gasteiger partial charge in [-0.3, -0.25) is 4.99 Å². The van der Waals surface area contributed by atoms with Crippen LogP contribution in [0.5, 0.6) is 11.5 Å². The van der Waals surface area contributed by atoms with Crippen LogP contribution in [0.4, 0.5) is 11.4 Å². The van der Waals surface area contributed by atoms with Crippen LogP contribution < -0.4 is 25.0 Å². The van der Waals surface area contributed by atoms with Gasteiger partial charge in [-0.25, -0.2) is 0 Å². The van der Waals surface area contributed by atoms with E-state index in [4.69, 9.17) is 9.47 Å². The maximum Gasteiger partial charge on any atom is 0.195 e. The number of aryl methyl sites for hydroxylation is 1. The standard InChI is InChI=1S/C21H30N4O2/c1-7-27-20-13-17(10-11-19(20)26-6)24-21(22-3)23-14-16-9-8-15(2)12-18(16)25(4)5/h8-13H,7,14H2,1-6H3,(H2,22,23,24). The normalized spacial score (nSPS) is 11.1. The van der Waals surface area contributed by atoms with E-state index < -0.39 is 0 Å². The highest BCUT2D eigenvalue weighted by Crippen LogP contribution is 2.30. The molecule has 27 heavy (non-hydrogen) atoms. The van der Waals surface area contributed by atoms with Gasteiger partial charge in [0.15, 0.2) is 17.5 Å². The topological polar surface area (TPSA) is 58.1 Å². The molecule has 2 rings (SSSR count). The fourth-order valence-corrected chi connectivity index (χ4v) is 2.76. The minimum absolute atomic E-state index is 0.577. The number of ether oxygens (including phenoxy) is 2. The second-order valence-corrected chi connectivity index (χ2v) is 6.38. The van der Waals surface area contributed by atoms with Gasteiger partial charge in [0.25, 0.3) is 0 Å². The molecule has 0 saturated heterocycles. The molecule has 6 nitrogen and oxygen atoms in total. The number of aliphatic imine (C=N–C) groups is 1. The van der Waals surface area contributed by atoms with Crippen LogP contribution in [0, 0.1) is 6.92 Å². The van der Waals surface area contributed by atoms with Crippen molar-refractivity contribution in [3.8, 4) is 11.5 Å². The van der Waals surface area contributed by atoms with E-state index in [-0.39, 0.29) is 0 Å². The molecule has 0 aliphatic carbocycles. The quantitative estimate of drug-likeness (QED) is 0.575. The number of methoxy groups -OCH3 is 1. The summed E-state index contributed by atoms with van der Waals surface area (Å²) in [5.41, 5.74) is 4.52. The summed E-state index contributed by atoms with van der Waals surface area (Å²) < 4.78 is 11.0. The van der Waals surface area contributed by atoms with E-state index in [0.29, 0.717) is 30.6 Å². The van der Waals surface area contributed by atoms with Gasteiger partial charge in [0.2, 0.25) is 0 Å². The molecule has 6 heteroatoms. The summed E-state index contributed by atoms with van der Waals surface area (Å²) in [7, 11) is 7.50. The molecular formula is C21H30N4O2. The van der Waals surface area contributed by atoms with Crippen LogP contribution in [0.1, 0.15) is 18.1 Å². The molecule has 0 fully saturated rings. The van der Waals surface area contributed by atoms with E-state index in [1.54, 1.807) is 14.2 Å². The van der Waals surface area contributed by atoms with Crippen molar-refractivity contribution in [3.05, 3.63) is 47.5 Å². The van der Waals surface area contributed by atoms with Crippen LogP contribution in [-0.2, 0) is 6.54 Å². The highest BCUT2D eigenvalue weighted by molar-refractivity contribution is 5.93. The first kappa shape index (κ1) is 20.4. The predicted molar refractivity (Wildman–Crippen MR) is 113 cm³/mol. The van der Waals surface area contributed by atoms with E-state index in [2.05, 4.69) is 59.7 Å². The number of guanidine groups is 1. The predicted octanol–water partition coefficient (Wildman–Crippen LogP) is 3.66. The van der Waals surface area contributed by atoms with Gasteiger partial charge in [-0.1, -0.05) is 12.1 Å². The Balaban J connectivity index is 2.10. The zero-order chi connectivity index (χ0) is 19.8. The Bertz CT molecular complexity index is 788. The molecule has 0 aliphatic rings. The Morgan fingerprint density at radius 1 is 1.11 bits per heavy atom. The van der Waals surface area contributed by atoms with Gasteiger partial charge in [0, 0.05) is 45.1 Å². The fraction of sp³-hybridized carbons (Fsp3) is 0.381. The first-order valence-corrected chi connectivity index (χ1v) is 9.03. The molecule has 146 valence electrons. The summed E-state index contributed by atoms with van der Waals surface area (Å²) >= 11 is 0. The van der Waals surface area contributed by atoms with Gasteiger partial charge in [-0.2, -0.15) is 0 Å². The molecule has 0 bridgehead atoms. The molecule has 0 spiro atoms. The molecule has 0 aromatic heterocycles. The summed E-state index contributed by atoms with van der Waals surface area (Å²) in [5, 5.41) is 6.67. The van der Waals surface area contributed by atoms with Crippen LogP contribution in [0.2, 0.25) is 0 Å². The van der Waals surface area contributed by atoms with Crippen LogP contribution in [0.25, 0.3) is 0 Å². The molecule has 2 N–H and O–H groups in total. The zero-order valence-corrected chi connectivity index (χ0v) is 17.1. The van der Waals surface area contributed by atoms with Crippen LogP contribution in [0.15, 0.2) is 41.4 Å². The van der Waals surface area contributed by atoms with Gasteiger partial charge in [-0.05, 0) is 43.2 Å². The lowest BCUT2D eigenvalue weighted by Gasteiger charge is -2.20. The molecule has 0 saturated carbocycles. The van der Waals surface area contributed by atoms with E-state index in [1.807, 2.05) is 25.1 Å². The third-order valence-electron chi connectivity index (χ3n) is 4.12. The Kier molecular flexibility index (Phi) is 7.34. The summed E-state index contributed by atoms with van der Waals surface area (Å²) in [4.78, 5) is 6.44. The molecule has 0 radical (unpaired) electrons. The third-order valence-corrected chi connectivity index (χ3v) is 4.12. The van der Waals surface area contributed by atoms with Crippen LogP contribution in [0.3, 0.4) is 0 Å². The first-order chi connectivity index (χ1) is 13.0. The second kappa shape index (κ2) is 9.71. The molecule has 0 amide bonds. The van der Waals surface area contributed by atoms with Gasteiger partial charge in [0.1, 0.15) is 0 Å². The van der Waals surface area contributed by atoms with Crippen molar-refractivity contribution >= 4 is 17.3 Å². The number of hydrogen-bond donors (Lipinski definition) is 2. The van der Waals surface area contributed by atoms with Crippen molar-refractivity contribution in [2.45, 2.75) is 20.4 Å². The third kappa shape index (κ3) is 5.54. The van der Waals surface area contributed by atoms with Gasteiger partial charge in [0.05, 0.1) is 13.7 Å². The van der Waals surface area contributed by atoms with Crippen molar-refractivity contribution in [1.29, 1.82) is 0 Å². The van der Waals surface area contributed by atoms with Crippen molar-refractivity contribution in [3.63, 3.8) is 0 Å². The van der Waals surface area contributed by atoms with Gasteiger partial charge in [-0.15, -0.1) is 0 Å². The van der Waals surface area contributed by atoms with E-state index in [0.717, 1.165) is 5.69 Å². The van der Waals surface area contributed by atoms with E-state index >= 15 is 0 Å². The number of nitrogens with one attached hydrogen (secondary N) is 2. The fourth-order valence-electron chi connectivity index (χ4n) is 2.76. The van der Waals surface area contributed by atoms with Gasteiger partial charge >= 0.3 is 0 Å². The molecule has 0 aliphatic heterocycles. The largest absolute Gasteiger partial charge is 0.493 e. The first-order valence-electron chi connectivity index (χ1n) is 9.03. The van der Waals surface area contributed by atoms with E-state index in [1.165, 1.54) is 16.8 Å². The minimum Gasteiger partial charge on any atom is -0.493 e. The Labute approximate surface area is 162 Å². The number of rotatable bonds is 7. The van der Waals surface area contributed by atoms with Crippen LogP contribution >= 0.6 is 0 Å².